The highest BCUT2D eigenvalue weighted by Gasteiger charge is 2.14. The molecule has 1 heterocycles. The van der Waals surface area contributed by atoms with Gasteiger partial charge in [-0.1, -0.05) is 22.9 Å². The van der Waals surface area contributed by atoms with Crippen LogP contribution in [0.15, 0.2) is 21.0 Å². The molecule has 0 spiro atoms. The van der Waals surface area contributed by atoms with Crippen LogP contribution in [-0.2, 0) is 6.54 Å². The maximum absolute atomic E-state index is 13.7. The van der Waals surface area contributed by atoms with E-state index in [9.17, 15) is 4.39 Å². The summed E-state index contributed by atoms with van der Waals surface area (Å²) in [5.41, 5.74) is 1.35. The quantitative estimate of drug-likeness (QED) is 0.858. The second-order valence-electron chi connectivity index (χ2n) is 4.09. The number of hydrogen-bond donors (Lipinski definition) is 1. The number of halogens is 2. The molecule has 0 bridgehead atoms. The largest absolute Gasteiger partial charge is 0.456 e. The maximum atomic E-state index is 13.7. The Labute approximate surface area is 108 Å². The van der Waals surface area contributed by atoms with E-state index >= 15 is 0 Å². The summed E-state index contributed by atoms with van der Waals surface area (Å²) in [5, 5.41) is 4.10. The Bertz CT molecular complexity index is 536. The third-order valence-electron chi connectivity index (χ3n) is 2.77. The van der Waals surface area contributed by atoms with Crippen LogP contribution >= 0.6 is 15.9 Å². The summed E-state index contributed by atoms with van der Waals surface area (Å²) in [6, 6.07) is 3.31. The number of aryl methyl sites for hydroxylation is 1. The van der Waals surface area contributed by atoms with Gasteiger partial charge >= 0.3 is 0 Å². The van der Waals surface area contributed by atoms with Crippen molar-refractivity contribution in [1.29, 1.82) is 0 Å². The number of furan rings is 1. The van der Waals surface area contributed by atoms with E-state index in [0.717, 1.165) is 34.1 Å². The second kappa shape index (κ2) is 5.19. The number of hydrogen-bond acceptors (Lipinski definition) is 2. The molecule has 0 aliphatic carbocycles. The molecule has 0 radical (unpaired) electrons. The lowest BCUT2D eigenvalue weighted by Gasteiger charge is -2.00. The van der Waals surface area contributed by atoms with Crippen LogP contribution in [0.3, 0.4) is 0 Å². The van der Waals surface area contributed by atoms with E-state index in [1.54, 1.807) is 0 Å². The molecule has 0 fully saturated rings. The van der Waals surface area contributed by atoms with E-state index in [1.807, 2.05) is 13.0 Å². The summed E-state index contributed by atoms with van der Waals surface area (Å²) < 4.78 is 20.0. The van der Waals surface area contributed by atoms with Crippen molar-refractivity contribution in [3.05, 3.63) is 33.7 Å². The Balaban J connectivity index is 2.39. The first-order chi connectivity index (χ1) is 8.13. The molecule has 0 atom stereocenters. The third-order valence-corrected chi connectivity index (χ3v) is 3.23. The van der Waals surface area contributed by atoms with Crippen molar-refractivity contribution in [2.45, 2.75) is 26.8 Å². The molecule has 1 aromatic carbocycles. The zero-order chi connectivity index (χ0) is 12.4. The number of nitrogens with one attached hydrogen (secondary N) is 1. The van der Waals surface area contributed by atoms with Gasteiger partial charge < -0.3 is 9.73 Å². The highest BCUT2D eigenvalue weighted by Crippen LogP contribution is 2.30. The zero-order valence-corrected chi connectivity index (χ0v) is 11.5. The summed E-state index contributed by atoms with van der Waals surface area (Å²) in [6.45, 7) is 5.64. The summed E-state index contributed by atoms with van der Waals surface area (Å²) >= 11 is 3.29. The van der Waals surface area contributed by atoms with E-state index in [4.69, 9.17) is 4.42 Å². The van der Waals surface area contributed by atoms with Gasteiger partial charge in [0.25, 0.3) is 0 Å². The summed E-state index contributed by atoms with van der Waals surface area (Å²) in [4.78, 5) is 0. The Morgan fingerprint density at radius 1 is 1.41 bits per heavy atom. The van der Waals surface area contributed by atoms with Crippen molar-refractivity contribution >= 4 is 26.9 Å². The lowest BCUT2D eigenvalue weighted by molar-refractivity contribution is 0.492. The first-order valence-corrected chi connectivity index (χ1v) is 6.50. The average Bonchev–Trinajstić information content (AvgIpc) is 2.58. The Morgan fingerprint density at radius 2 is 2.18 bits per heavy atom. The van der Waals surface area contributed by atoms with Crippen molar-refractivity contribution in [1.82, 2.24) is 5.32 Å². The van der Waals surface area contributed by atoms with Gasteiger partial charge in [-0.15, -0.1) is 0 Å². The van der Waals surface area contributed by atoms with Gasteiger partial charge in [-0.3, -0.25) is 0 Å². The van der Waals surface area contributed by atoms with Gasteiger partial charge in [0.15, 0.2) is 11.4 Å². The molecule has 0 aliphatic rings. The number of benzene rings is 1. The number of fused-ring (bicyclic) bond motifs is 1. The van der Waals surface area contributed by atoms with Crippen molar-refractivity contribution in [2.75, 3.05) is 6.54 Å². The maximum Gasteiger partial charge on any atom is 0.170 e. The minimum absolute atomic E-state index is 0.320. The monoisotopic (exact) mass is 299 g/mol. The molecule has 2 aromatic rings. The molecule has 0 saturated carbocycles. The molecule has 0 aliphatic heterocycles. The summed E-state index contributed by atoms with van der Waals surface area (Å²) in [5.74, 6) is 0.490. The zero-order valence-electron chi connectivity index (χ0n) is 9.94. The van der Waals surface area contributed by atoms with Gasteiger partial charge in [0.2, 0.25) is 0 Å². The van der Waals surface area contributed by atoms with Crippen molar-refractivity contribution < 1.29 is 8.81 Å². The molecule has 0 amide bonds. The second-order valence-corrected chi connectivity index (χ2v) is 5.01. The van der Waals surface area contributed by atoms with Crippen LogP contribution in [0.2, 0.25) is 0 Å². The lowest BCUT2D eigenvalue weighted by atomic mass is 10.1. The first-order valence-electron chi connectivity index (χ1n) is 5.71. The first kappa shape index (κ1) is 12.6. The van der Waals surface area contributed by atoms with Crippen LogP contribution in [0.1, 0.15) is 24.7 Å². The Morgan fingerprint density at radius 3 is 2.88 bits per heavy atom. The smallest absolute Gasteiger partial charge is 0.170 e. The van der Waals surface area contributed by atoms with Gasteiger partial charge in [0.05, 0.1) is 6.54 Å². The van der Waals surface area contributed by atoms with Crippen molar-refractivity contribution in [3.63, 3.8) is 0 Å². The van der Waals surface area contributed by atoms with E-state index in [-0.39, 0.29) is 5.82 Å². The van der Waals surface area contributed by atoms with Crippen LogP contribution in [-0.4, -0.2) is 6.54 Å². The number of rotatable bonds is 4. The molecule has 92 valence electrons. The van der Waals surface area contributed by atoms with Crippen LogP contribution in [0.25, 0.3) is 11.0 Å². The molecule has 1 aromatic heterocycles. The predicted molar refractivity (Wildman–Crippen MR) is 70.6 cm³/mol. The van der Waals surface area contributed by atoms with E-state index in [2.05, 4.69) is 28.2 Å². The highest BCUT2D eigenvalue weighted by molar-refractivity contribution is 9.10. The highest BCUT2D eigenvalue weighted by atomic mass is 79.9. The van der Waals surface area contributed by atoms with Crippen LogP contribution in [0.5, 0.6) is 0 Å². The van der Waals surface area contributed by atoms with Crippen LogP contribution < -0.4 is 5.32 Å². The normalized spacial score (nSPS) is 11.3. The molecule has 0 unspecified atom stereocenters. The lowest BCUT2D eigenvalue weighted by Crippen LogP contribution is -2.13. The topological polar surface area (TPSA) is 25.2 Å². The molecule has 4 heteroatoms. The minimum Gasteiger partial charge on any atom is -0.456 e. The van der Waals surface area contributed by atoms with Crippen LogP contribution in [0.4, 0.5) is 4.39 Å². The molecule has 1 N–H and O–H groups in total. The molecule has 2 rings (SSSR count). The van der Waals surface area contributed by atoms with Crippen LogP contribution in [0, 0.1) is 12.7 Å². The third kappa shape index (κ3) is 2.53. The van der Waals surface area contributed by atoms with Gasteiger partial charge in [-0.2, -0.15) is 0 Å². The van der Waals surface area contributed by atoms with E-state index in [1.165, 1.54) is 6.07 Å². The van der Waals surface area contributed by atoms with Gasteiger partial charge in [-0.25, -0.2) is 4.39 Å². The van der Waals surface area contributed by atoms with E-state index < -0.39 is 0 Å². The fraction of sp³-hybridized carbons (Fsp3) is 0.385. The van der Waals surface area contributed by atoms with Gasteiger partial charge in [0, 0.05) is 9.86 Å². The van der Waals surface area contributed by atoms with Crippen molar-refractivity contribution in [3.8, 4) is 0 Å². The van der Waals surface area contributed by atoms with Gasteiger partial charge in [-0.05, 0) is 37.6 Å². The summed E-state index contributed by atoms with van der Waals surface area (Å²) in [7, 11) is 0. The summed E-state index contributed by atoms with van der Waals surface area (Å²) in [6.07, 6.45) is 1.07. The Kier molecular flexibility index (Phi) is 3.84. The van der Waals surface area contributed by atoms with Gasteiger partial charge in [0.1, 0.15) is 5.76 Å². The molecular formula is C13H15BrFNO. The van der Waals surface area contributed by atoms with Crippen molar-refractivity contribution in [2.24, 2.45) is 0 Å². The molecule has 0 saturated heterocycles. The predicted octanol–water partition coefficient (Wildman–Crippen LogP) is 4.14. The molecule has 2 nitrogen and oxygen atoms in total. The fourth-order valence-corrected chi connectivity index (χ4v) is 2.27. The molecular weight excluding hydrogens is 285 g/mol. The SMILES string of the molecule is CCCNCc1oc2c(F)cc(Br)cc2c1C. The Hall–Kier alpha value is -0.870. The standard InChI is InChI=1S/C13H15BrFNO/c1-3-4-16-7-12-8(2)10-5-9(14)6-11(15)13(10)17-12/h5-6,16H,3-4,7H2,1-2H3. The average molecular weight is 300 g/mol. The fourth-order valence-electron chi connectivity index (χ4n) is 1.84. The van der Waals surface area contributed by atoms with E-state index in [0.29, 0.717) is 12.1 Å². The molecule has 17 heavy (non-hydrogen) atoms. The minimum atomic E-state index is -0.320.